The van der Waals surface area contributed by atoms with Crippen molar-refractivity contribution in [2.45, 2.75) is 31.0 Å². The quantitative estimate of drug-likeness (QED) is 0.474. The lowest BCUT2D eigenvalue weighted by Crippen LogP contribution is -2.52. The number of hydrogen-bond donors (Lipinski definition) is 4. The molecule has 0 aromatic heterocycles. The molecule has 0 unspecified atom stereocenters. The van der Waals surface area contributed by atoms with E-state index in [1.54, 1.807) is 12.1 Å². The molecule has 0 aliphatic heterocycles. The number of rotatable bonds is 7. The number of hydrazine groups is 1. The van der Waals surface area contributed by atoms with Gasteiger partial charge in [-0.05, 0) is 38.1 Å². The van der Waals surface area contributed by atoms with Gasteiger partial charge in [-0.15, -0.1) is 0 Å². The van der Waals surface area contributed by atoms with Gasteiger partial charge < -0.3 is 5.32 Å². The van der Waals surface area contributed by atoms with Gasteiger partial charge in [-0.2, -0.15) is 17.9 Å². The normalized spacial score (nSPS) is 12.7. The number of hydrogen-bond acceptors (Lipinski definition) is 5. The van der Waals surface area contributed by atoms with E-state index in [4.69, 9.17) is 0 Å². The summed E-state index contributed by atoms with van der Waals surface area (Å²) in [6.07, 6.45) is -4.89. The molecule has 0 spiro atoms. The number of amides is 2. The Morgan fingerprint density at radius 3 is 2.23 bits per heavy atom. The smallest absolute Gasteiger partial charge is 0.376 e. The van der Waals surface area contributed by atoms with E-state index in [9.17, 15) is 31.2 Å². The first-order chi connectivity index (χ1) is 14.4. The molecular weight excluding hydrogens is 437 g/mol. The van der Waals surface area contributed by atoms with Crippen molar-refractivity contribution in [2.75, 3.05) is 11.9 Å². The molecule has 0 fully saturated rings. The molecule has 2 aromatic carbocycles. The van der Waals surface area contributed by atoms with E-state index in [-0.39, 0.29) is 6.54 Å². The molecule has 2 rings (SSSR count). The van der Waals surface area contributed by atoms with Gasteiger partial charge in [-0.1, -0.05) is 29.8 Å². The first-order valence-corrected chi connectivity index (χ1v) is 10.5. The number of nitrogens with one attached hydrogen (secondary N) is 4. The Bertz CT molecular complexity index is 1040. The Labute approximate surface area is 177 Å². The standard InChI is InChI=1S/C19H21F3N4O4S/c1-12-7-9-14(10-8-12)23-11-17(27)24-25-18(28)13(2)26-31(29,30)16-6-4-3-5-15(16)19(20,21)22/h3-10,13,23,26H,11H2,1-2H3,(H,24,27)(H,25,28)/t13-/m0/s1. The summed E-state index contributed by atoms with van der Waals surface area (Å²) in [5, 5.41) is 2.82. The van der Waals surface area contributed by atoms with E-state index < -0.39 is 44.5 Å². The van der Waals surface area contributed by atoms with Crippen LogP contribution in [0.25, 0.3) is 0 Å². The summed E-state index contributed by atoms with van der Waals surface area (Å²) in [5.74, 6) is -1.58. The molecule has 2 amide bonds. The zero-order valence-corrected chi connectivity index (χ0v) is 17.4. The fraction of sp³-hybridized carbons (Fsp3) is 0.263. The molecule has 8 nitrogen and oxygen atoms in total. The number of carbonyl (C=O) groups is 2. The molecule has 1 atom stereocenters. The van der Waals surface area contributed by atoms with E-state index in [1.807, 2.05) is 29.2 Å². The highest BCUT2D eigenvalue weighted by Gasteiger charge is 2.37. The van der Waals surface area contributed by atoms with Crippen LogP contribution in [0.5, 0.6) is 0 Å². The van der Waals surface area contributed by atoms with Gasteiger partial charge in [0.25, 0.3) is 11.8 Å². The number of aryl methyl sites for hydroxylation is 1. The van der Waals surface area contributed by atoms with Gasteiger partial charge in [0.1, 0.15) is 0 Å². The van der Waals surface area contributed by atoms with Crippen molar-refractivity contribution in [1.82, 2.24) is 15.6 Å². The minimum absolute atomic E-state index is 0.178. The topological polar surface area (TPSA) is 116 Å². The number of alkyl halides is 3. The second-order valence-corrected chi connectivity index (χ2v) is 8.28. The van der Waals surface area contributed by atoms with Gasteiger partial charge in [0, 0.05) is 5.69 Å². The second kappa shape index (κ2) is 9.79. The van der Waals surface area contributed by atoms with Gasteiger partial charge >= 0.3 is 6.18 Å². The van der Waals surface area contributed by atoms with Gasteiger partial charge in [0.05, 0.1) is 23.0 Å². The Kier molecular flexibility index (Phi) is 7.63. The maximum absolute atomic E-state index is 13.1. The molecule has 4 N–H and O–H groups in total. The fourth-order valence-electron chi connectivity index (χ4n) is 2.42. The summed E-state index contributed by atoms with van der Waals surface area (Å²) in [5.41, 5.74) is 4.47. The summed E-state index contributed by atoms with van der Waals surface area (Å²) in [4.78, 5) is 22.9. The third kappa shape index (κ3) is 6.96. The molecule has 0 aliphatic carbocycles. The van der Waals surface area contributed by atoms with Crippen molar-refractivity contribution in [2.24, 2.45) is 0 Å². The molecule has 168 valence electrons. The summed E-state index contributed by atoms with van der Waals surface area (Å²) in [6, 6.07) is 9.34. The predicted octanol–water partition coefficient (Wildman–Crippen LogP) is 1.94. The van der Waals surface area contributed by atoms with E-state index in [0.717, 1.165) is 30.7 Å². The lowest BCUT2D eigenvalue weighted by atomic mass is 10.2. The molecular formula is C19H21F3N4O4S. The highest BCUT2D eigenvalue weighted by Crippen LogP contribution is 2.33. The molecule has 0 saturated heterocycles. The van der Waals surface area contributed by atoms with Gasteiger partial charge in [-0.25, -0.2) is 8.42 Å². The Balaban J connectivity index is 1.92. The van der Waals surface area contributed by atoms with Crippen LogP contribution in [0.4, 0.5) is 18.9 Å². The molecule has 2 aromatic rings. The SMILES string of the molecule is Cc1ccc(NCC(=O)NNC(=O)[C@H](C)NS(=O)(=O)c2ccccc2C(F)(F)F)cc1. The molecule has 0 saturated carbocycles. The number of anilines is 1. The second-order valence-electron chi connectivity index (χ2n) is 6.59. The molecule has 0 radical (unpaired) electrons. The van der Waals surface area contributed by atoms with Crippen molar-refractivity contribution >= 4 is 27.5 Å². The minimum atomic E-state index is -4.89. The van der Waals surface area contributed by atoms with Crippen LogP contribution in [0.2, 0.25) is 0 Å². The Hall–Kier alpha value is -3.12. The van der Waals surface area contributed by atoms with Crippen molar-refractivity contribution in [1.29, 1.82) is 0 Å². The molecule has 12 heteroatoms. The molecule has 0 bridgehead atoms. The summed E-state index contributed by atoms with van der Waals surface area (Å²) >= 11 is 0. The average molecular weight is 458 g/mol. The average Bonchev–Trinajstić information content (AvgIpc) is 2.70. The van der Waals surface area contributed by atoms with Crippen LogP contribution < -0.4 is 20.9 Å². The summed E-state index contributed by atoms with van der Waals surface area (Å²) in [6.45, 7) is 2.85. The van der Waals surface area contributed by atoms with Gasteiger partial charge in [0.15, 0.2) is 0 Å². The maximum atomic E-state index is 13.1. The highest BCUT2D eigenvalue weighted by molar-refractivity contribution is 7.89. The van der Waals surface area contributed by atoms with Crippen LogP contribution in [-0.2, 0) is 25.8 Å². The zero-order valence-electron chi connectivity index (χ0n) is 16.6. The minimum Gasteiger partial charge on any atom is -0.376 e. The third-order valence-electron chi connectivity index (χ3n) is 4.04. The lowest BCUT2D eigenvalue weighted by Gasteiger charge is -2.17. The number of carbonyl (C=O) groups excluding carboxylic acids is 2. The van der Waals surface area contributed by atoms with Crippen LogP contribution in [0.15, 0.2) is 53.4 Å². The zero-order chi connectivity index (χ0) is 23.2. The first-order valence-electron chi connectivity index (χ1n) is 8.98. The molecule has 0 heterocycles. The van der Waals surface area contributed by atoms with E-state index in [2.05, 4.69) is 10.7 Å². The number of halogens is 3. The van der Waals surface area contributed by atoms with Crippen molar-refractivity contribution in [3.8, 4) is 0 Å². The van der Waals surface area contributed by atoms with Crippen molar-refractivity contribution in [3.05, 3.63) is 59.7 Å². The van der Waals surface area contributed by atoms with Gasteiger partial charge in [0.2, 0.25) is 10.0 Å². The Morgan fingerprint density at radius 2 is 1.61 bits per heavy atom. The van der Waals surface area contributed by atoms with Crippen LogP contribution in [-0.4, -0.2) is 32.8 Å². The fourth-order valence-corrected chi connectivity index (χ4v) is 3.85. The lowest BCUT2D eigenvalue weighted by molar-refractivity contribution is -0.139. The summed E-state index contributed by atoms with van der Waals surface area (Å²) < 4.78 is 65.8. The highest BCUT2D eigenvalue weighted by atomic mass is 32.2. The monoisotopic (exact) mass is 458 g/mol. The first kappa shape index (κ1) is 24.2. The van der Waals surface area contributed by atoms with Crippen molar-refractivity contribution in [3.63, 3.8) is 0 Å². The maximum Gasteiger partial charge on any atom is 0.417 e. The van der Waals surface area contributed by atoms with Gasteiger partial charge in [-0.3, -0.25) is 20.4 Å². The van der Waals surface area contributed by atoms with Crippen molar-refractivity contribution < 1.29 is 31.2 Å². The molecule has 31 heavy (non-hydrogen) atoms. The number of benzene rings is 2. The number of sulfonamides is 1. The van der Waals surface area contributed by atoms with E-state index in [0.29, 0.717) is 11.8 Å². The van der Waals surface area contributed by atoms with Crippen LogP contribution >= 0.6 is 0 Å². The Morgan fingerprint density at radius 1 is 1.00 bits per heavy atom. The largest absolute Gasteiger partial charge is 0.417 e. The predicted molar refractivity (Wildman–Crippen MR) is 107 cm³/mol. The third-order valence-corrected chi connectivity index (χ3v) is 5.64. The summed E-state index contributed by atoms with van der Waals surface area (Å²) in [7, 11) is -4.66. The van der Waals surface area contributed by atoms with E-state index >= 15 is 0 Å². The van der Waals surface area contributed by atoms with E-state index in [1.165, 1.54) is 0 Å². The van der Waals surface area contributed by atoms with Crippen LogP contribution in [0.3, 0.4) is 0 Å². The van der Waals surface area contributed by atoms with Crippen LogP contribution in [0, 0.1) is 6.92 Å². The van der Waals surface area contributed by atoms with Crippen LogP contribution in [0.1, 0.15) is 18.1 Å². The molecule has 0 aliphatic rings.